The molecule has 8 heteroatoms. The number of carbonyl (C=O) groups excluding carboxylic acids is 2. The number of hydrogen-bond donors (Lipinski definition) is 5. The zero-order valence-corrected chi connectivity index (χ0v) is 35.0. The highest BCUT2D eigenvalue weighted by atomic mass is 16.6. The Morgan fingerprint density at radius 3 is 2.45 bits per heavy atom. The van der Waals surface area contributed by atoms with Crippen molar-refractivity contribution in [2.24, 2.45) is 45.3 Å². The molecule has 13 atom stereocenters. The minimum absolute atomic E-state index is 0.124. The standard InChI is InChI=1S/C48H66N2O6/c1-26(17-36(52)43-48(7,56-43)34-14-10-13-32(34)28-11-9-12-30(49)20-28)40-35-15-16-39-45(4)22-33(29-18-27(25-50-8)19-31(51)21-29)42(55)44(2,3)41(45)38(54)24-47(39,6)46(35,5)23-37(40)53/h9,11-12,18-21,26,32-34,36,38-39,41,43,50-52,54H,10,13-17,22-25,49H2,1-8H3/t26-,32+,33+,34-,36-,38+,39-,41+,43-,45+,46+,47+,48-/m1/s1. The van der Waals surface area contributed by atoms with E-state index in [0.29, 0.717) is 44.1 Å². The van der Waals surface area contributed by atoms with Crippen LogP contribution in [0.5, 0.6) is 5.75 Å². The Balaban J connectivity index is 1.06. The van der Waals surface area contributed by atoms with Crippen molar-refractivity contribution in [3.05, 3.63) is 70.3 Å². The average Bonchev–Trinajstić information content (AvgIpc) is 3.42. The first-order valence-electron chi connectivity index (χ1n) is 21.5. The molecule has 0 bridgehead atoms. The van der Waals surface area contributed by atoms with Gasteiger partial charge in [-0.25, -0.2) is 0 Å². The molecular formula is C48H66N2O6. The first-order valence-corrected chi connectivity index (χ1v) is 21.5. The lowest BCUT2D eigenvalue weighted by atomic mass is 9.35. The van der Waals surface area contributed by atoms with Crippen LogP contribution in [0.3, 0.4) is 0 Å². The number of aromatic hydroxyl groups is 1. The molecule has 56 heavy (non-hydrogen) atoms. The number of ketones is 2. The van der Waals surface area contributed by atoms with Gasteiger partial charge in [-0.2, -0.15) is 0 Å². The van der Waals surface area contributed by atoms with Gasteiger partial charge in [0.2, 0.25) is 0 Å². The third kappa shape index (κ3) is 5.81. The van der Waals surface area contributed by atoms with Crippen molar-refractivity contribution >= 4 is 17.3 Å². The van der Waals surface area contributed by atoms with E-state index in [-0.39, 0.29) is 52.0 Å². The lowest BCUT2D eigenvalue weighted by Gasteiger charge is -2.69. The van der Waals surface area contributed by atoms with Crippen LogP contribution >= 0.6 is 0 Å². The Labute approximate surface area is 334 Å². The van der Waals surface area contributed by atoms with Gasteiger partial charge in [0.15, 0.2) is 5.78 Å². The van der Waals surface area contributed by atoms with Crippen LogP contribution < -0.4 is 11.1 Å². The topological polar surface area (TPSA) is 145 Å². The molecule has 0 unspecified atom stereocenters. The third-order valence-corrected chi connectivity index (χ3v) is 17.1. The first kappa shape index (κ1) is 39.8. The molecule has 2 aromatic rings. The molecule has 5 fully saturated rings. The molecule has 4 saturated carbocycles. The number of benzene rings is 2. The second-order valence-electron chi connectivity index (χ2n) is 20.6. The molecule has 0 aromatic heterocycles. The van der Waals surface area contributed by atoms with Crippen LogP contribution in [0.4, 0.5) is 5.69 Å². The number of epoxide rings is 1. The molecule has 0 radical (unpaired) electrons. The van der Waals surface area contributed by atoms with Gasteiger partial charge in [-0.15, -0.1) is 0 Å². The fourth-order valence-corrected chi connectivity index (χ4v) is 14.8. The molecule has 304 valence electrons. The van der Waals surface area contributed by atoms with E-state index in [2.05, 4.69) is 58.1 Å². The molecule has 8 rings (SSSR count). The molecule has 5 aliphatic carbocycles. The van der Waals surface area contributed by atoms with Gasteiger partial charge in [-0.05, 0) is 140 Å². The number of fused-ring (bicyclic) bond motifs is 5. The molecule has 0 spiro atoms. The maximum atomic E-state index is 14.5. The number of anilines is 1. The Morgan fingerprint density at radius 2 is 1.73 bits per heavy atom. The Hall–Kier alpha value is -3.04. The molecule has 8 nitrogen and oxygen atoms in total. The van der Waals surface area contributed by atoms with E-state index in [1.165, 1.54) is 11.1 Å². The molecular weight excluding hydrogens is 701 g/mol. The van der Waals surface area contributed by atoms with Gasteiger partial charge >= 0.3 is 0 Å². The van der Waals surface area contributed by atoms with Crippen LogP contribution in [0.2, 0.25) is 0 Å². The molecule has 0 amide bonds. The number of ether oxygens (including phenoxy) is 1. The minimum atomic E-state index is -0.780. The second-order valence-corrected chi connectivity index (χ2v) is 20.6. The maximum Gasteiger partial charge on any atom is 0.159 e. The highest BCUT2D eigenvalue weighted by Crippen LogP contribution is 2.75. The van der Waals surface area contributed by atoms with E-state index >= 15 is 0 Å². The van der Waals surface area contributed by atoms with E-state index in [1.54, 1.807) is 12.1 Å². The number of nitrogen functional groups attached to an aromatic ring is 1. The summed E-state index contributed by atoms with van der Waals surface area (Å²) in [6, 6.07) is 13.8. The number of nitrogens with two attached hydrogens (primary N) is 1. The van der Waals surface area contributed by atoms with Crippen LogP contribution in [0.25, 0.3) is 0 Å². The van der Waals surface area contributed by atoms with Crippen molar-refractivity contribution in [3.8, 4) is 5.75 Å². The maximum absolute atomic E-state index is 14.5. The van der Waals surface area contributed by atoms with Crippen molar-refractivity contribution < 1.29 is 29.6 Å². The second kappa shape index (κ2) is 13.5. The van der Waals surface area contributed by atoms with Crippen LogP contribution in [0, 0.1) is 45.3 Å². The lowest BCUT2D eigenvalue weighted by Crippen LogP contribution is -2.67. The SMILES string of the molecule is CNCc1cc(O)cc([C@@H]2C[C@@]3(C)[C@H]4CCC5=C([C@H](C)C[C@@H](O)[C@H]6O[C@]6(C)[C@@H]6CCC[C@H]6c6cccc(N)c6)C(=O)C[C@]5(C)[C@@]4(C)C[C@H](O)[C@H]3C(C)(C)C2=O)c1. The predicted molar refractivity (Wildman–Crippen MR) is 219 cm³/mol. The zero-order valence-electron chi connectivity index (χ0n) is 35.0. The molecule has 6 N–H and O–H groups in total. The highest BCUT2D eigenvalue weighted by molar-refractivity contribution is 6.00. The van der Waals surface area contributed by atoms with Gasteiger partial charge in [0.1, 0.15) is 17.6 Å². The summed E-state index contributed by atoms with van der Waals surface area (Å²) < 4.78 is 6.45. The number of hydrogen-bond acceptors (Lipinski definition) is 8. The van der Waals surface area contributed by atoms with E-state index in [4.69, 9.17) is 10.5 Å². The number of allylic oxidation sites excluding steroid dienone is 2. The quantitative estimate of drug-likeness (QED) is 0.128. The first-order chi connectivity index (χ1) is 26.3. The smallest absolute Gasteiger partial charge is 0.159 e. The monoisotopic (exact) mass is 766 g/mol. The van der Waals surface area contributed by atoms with Gasteiger partial charge in [0.25, 0.3) is 0 Å². The number of rotatable bonds is 9. The largest absolute Gasteiger partial charge is 0.508 e. The highest BCUT2D eigenvalue weighted by Gasteiger charge is 2.71. The number of nitrogens with one attached hydrogen (secondary N) is 1. The van der Waals surface area contributed by atoms with Gasteiger partial charge in [-0.3, -0.25) is 9.59 Å². The Bertz CT molecular complexity index is 1960. The predicted octanol–water partition coefficient (Wildman–Crippen LogP) is 7.98. The summed E-state index contributed by atoms with van der Waals surface area (Å²) in [7, 11) is 1.87. The summed E-state index contributed by atoms with van der Waals surface area (Å²) in [6.07, 6.45) is 5.32. The van der Waals surface area contributed by atoms with Crippen molar-refractivity contribution in [2.45, 2.75) is 149 Å². The molecule has 1 heterocycles. The summed E-state index contributed by atoms with van der Waals surface area (Å²) in [5.41, 5.74) is 9.68. The van der Waals surface area contributed by atoms with Crippen molar-refractivity contribution in [1.82, 2.24) is 5.32 Å². The summed E-state index contributed by atoms with van der Waals surface area (Å²) in [5, 5.41) is 38.0. The van der Waals surface area contributed by atoms with Crippen molar-refractivity contribution in [2.75, 3.05) is 12.8 Å². The number of aliphatic hydroxyl groups excluding tert-OH is 2. The summed E-state index contributed by atoms with van der Waals surface area (Å²) in [5.74, 6) is 0.538. The number of carbonyl (C=O) groups is 2. The third-order valence-electron chi connectivity index (χ3n) is 17.1. The molecule has 6 aliphatic rings. The Kier molecular flexibility index (Phi) is 9.59. The van der Waals surface area contributed by atoms with Gasteiger partial charge in [0, 0.05) is 41.3 Å². The van der Waals surface area contributed by atoms with E-state index < -0.39 is 34.6 Å². The average molecular weight is 767 g/mol. The lowest BCUT2D eigenvalue weighted by molar-refractivity contribution is -0.219. The fraction of sp³-hybridized carbons (Fsp3) is 0.667. The molecule has 1 aliphatic heterocycles. The normalized spacial score (nSPS) is 41.2. The summed E-state index contributed by atoms with van der Waals surface area (Å²) in [6.45, 7) is 15.8. The van der Waals surface area contributed by atoms with E-state index in [9.17, 15) is 24.9 Å². The van der Waals surface area contributed by atoms with E-state index in [1.807, 2.05) is 33.0 Å². The van der Waals surface area contributed by atoms with Gasteiger partial charge in [0.05, 0.1) is 17.8 Å². The van der Waals surface area contributed by atoms with Crippen molar-refractivity contribution in [3.63, 3.8) is 0 Å². The van der Waals surface area contributed by atoms with Crippen LogP contribution in [-0.2, 0) is 20.9 Å². The van der Waals surface area contributed by atoms with Gasteiger partial charge < -0.3 is 31.1 Å². The summed E-state index contributed by atoms with van der Waals surface area (Å²) in [4.78, 5) is 28.8. The zero-order chi connectivity index (χ0) is 40.3. The number of Topliss-reactive ketones (excluding diaryl/α,β-unsaturated/α-hetero) is 2. The molecule has 2 aromatic carbocycles. The number of phenols is 1. The van der Waals surface area contributed by atoms with Crippen LogP contribution in [0.15, 0.2) is 53.6 Å². The van der Waals surface area contributed by atoms with Gasteiger partial charge in [-0.1, -0.05) is 71.7 Å². The van der Waals surface area contributed by atoms with E-state index in [0.717, 1.165) is 54.5 Å². The number of phenolic OH excluding ortho intramolecular Hbond substituents is 1. The number of aliphatic hydroxyl groups is 2. The van der Waals surface area contributed by atoms with Crippen LogP contribution in [0.1, 0.15) is 135 Å². The fourth-order valence-electron chi connectivity index (χ4n) is 14.8. The summed E-state index contributed by atoms with van der Waals surface area (Å²) >= 11 is 0. The molecule has 1 saturated heterocycles. The van der Waals surface area contributed by atoms with Crippen LogP contribution in [-0.4, -0.2) is 57.8 Å². The Morgan fingerprint density at radius 1 is 0.982 bits per heavy atom. The van der Waals surface area contributed by atoms with Crippen molar-refractivity contribution in [1.29, 1.82) is 0 Å². The minimum Gasteiger partial charge on any atom is -0.508 e.